The molecule has 0 saturated heterocycles. The molecule has 1 aliphatic heterocycles. The first-order chi connectivity index (χ1) is 12.1. The van der Waals surface area contributed by atoms with Crippen LogP contribution >= 0.6 is 11.6 Å². The number of hydrogen-bond acceptors (Lipinski definition) is 2. The van der Waals surface area contributed by atoms with Crippen LogP contribution in [-0.2, 0) is 6.42 Å². The molecule has 1 unspecified atom stereocenters. The number of aromatic nitrogens is 1. The fourth-order valence-corrected chi connectivity index (χ4v) is 3.82. The van der Waals surface area contributed by atoms with Gasteiger partial charge in [-0.15, -0.1) is 0 Å². The number of carbonyl (C=O) groups excluding carboxylic acids is 1. The summed E-state index contributed by atoms with van der Waals surface area (Å²) in [6.07, 6.45) is 2.61. The Kier molecular flexibility index (Phi) is 3.92. The van der Waals surface area contributed by atoms with Crippen molar-refractivity contribution in [2.24, 2.45) is 0 Å². The number of rotatable bonds is 2. The number of amides is 1. The molecule has 2 heterocycles. The lowest BCUT2D eigenvalue weighted by Crippen LogP contribution is -2.38. The summed E-state index contributed by atoms with van der Waals surface area (Å²) < 4.78 is 5.31. The molecule has 0 saturated carbocycles. The van der Waals surface area contributed by atoms with Crippen molar-refractivity contribution in [3.05, 3.63) is 64.3 Å². The van der Waals surface area contributed by atoms with Crippen LogP contribution in [-0.4, -0.2) is 29.4 Å². The first-order valence-corrected chi connectivity index (χ1v) is 8.70. The van der Waals surface area contributed by atoms with Crippen molar-refractivity contribution in [3.8, 4) is 5.75 Å². The number of carbonyl (C=O) groups is 1. The first kappa shape index (κ1) is 16.0. The molecule has 25 heavy (non-hydrogen) atoms. The lowest BCUT2D eigenvalue weighted by atomic mass is 9.92. The van der Waals surface area contributed by atoms with E-state index in [9.17, 15) is 4.79 Å². The van der Waals surface area contributed by atoms with Crippen LogP contribution in [0.15, 0.2) is 42.6 Å². The molecule has 1 N–H and O–H groups in total. The summed E-state index contributed by atoms with van der Waals surface area (Å²) in [6, 6.07) is 11.7. The van der Waals surface area contributed by atoms with Gasteiger partial charge < -0.3 is 14.6 Å². The second-order valence-electron chi connectivity index (χ2n) is 6.38. The molecule has 4 nitrogen and oxygen atoms in total. The molecular weight excluding hydrogens is 336 g/mol. The molecule has 0 bridgehead atoms. The Bertz CT molecular complexity index is 963. The number of nitrogens with one attached hydrogen (secondary N) is 1. The fourth-order valence-electron chi connectivity index (χ4n) is 3.64. The molecule has 3 aromatic rings. The fraction of sp³-hybridized carbons (Fsp3) is 0.250. The number of fused-ring (bicyclic) bond motifs is 2. The van der Waals surface area contributed by atoms with Crippen LogP contribution in [0.1, 0.15) is 34.5 Å². The number of hydrogen-bond donors (Lipinski definition) is 1. The van der Waals surface area contributed by atoms with Crippen molar-refractivity contribution in [1.82, 2.24) is 9.88 Å². The number of aromatic amines is 1. The quantitative estimate of drug-likeness (QED) is 0.731. The summed E-state index contributed by atoms with van der Waals surface area (Å²) >= 11 is 6.03. The van der Waals surface area contributed by atoms with Crippen LogP contribution in [0.25, 0.3) is 10.9 Å². The summed E-state index contributed by atoms with van der Waals surface area (Å²) in [5.74, 6) is 0.904. The summed E-state index contributed by atoms with van der Waals surface area (Å²) in [7, 11) is 1.67. The standard InChI is InChI=1S/C20H19ClN2O2/c1-12-16-6-4-15(25-2)9-13(16)7-8-23(12)20(24)18-11-22-19-10-14(21)3-5-17(18)19/h3-6,9-12,22H,7-8H2,1-2H3. The van der Waals surface area contributed by atoms with E-state index in [1.807, 2.05) is 29.2 Å². The molecule has 128 valence electrons. The number of nitrogens with zero attached hydrogens (tertiary/aromatic N) is 1. The van der Waals surface area contributed by atoms with Crippen LogP contribution in [0, 0.1) is 0 Å². The number of H-pyrrole nitrogens is 1. The minimum absolute atomic E-state index is 0.0272. The first-order valence-electron chi connectivity index (χ1n) is 8.33. The molecule has 0 radical (unpaired) electrons. The zero-order chi connectivity index (χ0) is 17.6. The Hall–Kier alpha value is -2.46. The summed E-state index contributed by atoms with van der Waals surface area (Å²) in [4.78, 5) is 18.2. The summed E-state index contributed by atoms with van der Waals surface area (Å²) in [5.41, 5.74) is 4.01. The summed E-state index contributed by atoms with van der Waals surface area (Å²) in [6.45, 7) is 2.77. The zero-order valence-corrected chi connectivity index (χ0v) is 14.9. The smallest absolute Gasteiger partial charge is 0.256 e. The highest BCUT2D eigenvalue weighted by Crippen LogP contribution is 2.34. The van der Waals surface area contributed by atoms with E-state index in [2.05, 4.69) is 24.0 Å². The predicted octanol–water partition coefficient (Wildman–Crippen LogP) is 4.59. The molecular formula is C20H19ClN2O2. The van der Waals surface area contributed by atoms with Gasteiger partial charge in [0.05, 0.1) is 18.7 Å². The average molecular weight is 355 g/mol. The molecule has 0 fully saturated rings. The Morgan fingerprint density at radius 1 is 1.28 bits per heavy atom. The monoisotopic (exact) mass is 354 g/mol. The van der Waals surface area contributed by atoms with Gasteiger partial charge in [0.15, 0.2) is 0 Å². The number of ether oxygens (including phenoxy) is 1. The maximum Gasteiger partial charge on any atom is 0.256 e. The van der Waals surface area contributed by atoms with E-state index in [-0.39, 0.29) is 11.9 Å². The largest absolute Gasteiger partial charge is 0.497 e. The number of methoxy groups -OCH3 is 1. The molecule has 4 rings (SSSR count). The number of benzene rings is 2. The third-order valence-electron chi connectivity index (χ3n) is 5.02. The maximum atomic E-state index is 13.2. The molecule has 2 aromatic carbocycles. The van der Waals surface area contributed by atoms with E-state index < -0.39 is 0 Å². The number of halogens is 1. The Morgan fingerprint density at radius 2 is 2.12 bits per heavy atom. The normalized spacial score (nSPS) is 16.8. The van der Waals surface area contributed by atoms with Crippen LogP contribution in [0.5, 0.6) is 5.75 Å². The molecule has 5 heteroatoms. The second kappa shape index (κ2) is 6.12. The van der Waals surface area contributed by atoms with E-state index in [1.165, 1.54) is 11.1 Å². The van der Waals surface area contributed by atoms with Gasteiger partial charge in [-0.25, -0.2) is 0 Å². The topological polar surface area (TPSA) is 45.3 Å². The zero-order valence-electron chi connectivity index (χ0n) is 14.2. The van der Waals surface area contributed by atoms with Crippen molar-refractivity contribution in [2.75, 3.05) is 13.7 Å². The van der Waals surface area contributed by atoms with Crippen molar-refractivity contribution in [1.29, 1.82) is 0 Å². The molecule has 1 aromatic heterocycles. The van der Waals surface area contributed by atoms with Gasteiger partial charge in [-0.05, 0) is 48.7 Å². The van der Waals surface area contributed by atoms with Gasteiger partial charge in [0.1, 0.15) is 5.75 Å². The summed E-state index contributed by atoms with van der Waals surface area (Å²) in [5, 5.41) is 1.56. The van der Waals surface area contributed by atoms with Crippen molar-refractivity contribution >= 4 is 28.4 Å². The lowest BCUT2D eigenvalue weighted by molar-refractivity contribution is 0.0679. The van der Waals surface area contributed by atoms with E-state index >= 15 is 0 Å². The van der Waals surface area contributed by atoms with Crippen LogP contribution < -0.4 is 4.74 Å². The molecule has 1 aliphatic rings. The van der Waals surface area contributed by atoms with Gasteiger partial charge >= 0.3 is 0 Å². The molecule has 1 atom stereocenters. The SMILES string of the molecule is COc1ccc2c(c1)CCN(C(=O)c1c[nH]c3cc(Cl)ccc13)C2C. The van der Waals surface area contributed by atoms with Crippen LogP contribution in [0.2, 0.25) is 5.02 Å². The van der Waals surface area contributed by atoms with E-state index in [0.29, 0.717) is 17.1 Å². The van der Waals surface area contributed by atoms with Gasteiger partial charge in [0, 0.05) is 28.7 Å². The molecule has 0 aliphatic carbocycles. The minimum Gasteiger partial charge on any atom is -0.497 e. The Labute approximate surface area is 151 Å². The highest BCUT2D eigenvalue weighted by atomic mass is 35.5. The van der Waals surface area contributed by atoms with E-state index in [1.54, 1.807) is 13.3 Å². The van der Waals surface area contributed by atoms with Crippen LogP contribution in [0.3, 0.4) is 0 Å². The van der Waals surface area contributed by atoms with Crippen molar-refractivity contribution in [3.63, 3.8) is 0 Å². The third kappa shape index (κ3) is 2.67. The minimum atomic E-state index is 0.0272. The van der Waals surface area contributed by atoms with Gasteiger partial charge in [-0.1, -0.05) is 23.7 Å². The molecule has 0 spiro atoms. The van der Waals surface area contributed by atoms with Gasteiger partial charge in [0.2, 0.25) is 0 Å². The second-order valence-corrected chi connectivity index (χ2v) is 6.82. The predicted molar refractivity (Wildman–Crippen MR) is 99.5 cm³/mol. The van der Waals surface area contributed by atoms with Crippen molar-refractivity contribution < 1.29 is 9.53 Å². The van der Waals surface area contributed by atoms with Crippen LogP contribution in [0.4, 0.5) is 0 Å². The lowest BCUT2D eigenvalue weighted by Gasteiger charge is -2.35. The van der Waals surface area contributed by atoms with Gasteiger partial charge in [-0.2, -0.15) is 0 Å². The Morgan fingerprint density at radius 3 is 2.92 bits per heavy atom. The van der Waals surface area contributed by atoms with E-state index in [0.717, 1.165) is 23.1 Å². The van der Waals surface area contributed by atoms with Gasteiger partial charge in [-0.3, -0.25) is 4.79 Å². The highest BCUT2D eigenvalue weighted by Gasteiger charge is 2.29. The van der Waals surface area contributed by atoms with Gasteiger partial charge in [0.25, 0.3) is 5.91 Å². The van der Waals surface area contributed by atoms with Crippen molar-refractivity contribution in [2.45, 2.75) is 19.4 Å². The molecule has 1 amide bonds. The average Bonchev–Trinajstić information content (AvgIpc) is 3.04. The third-order valence-corrected chi connectivity index (χ3v) is 5.26. The Balaban J connectivity index is 1.68. The highest BCUT2D eigenvalue weighted by molar-refractivity contribution is 6.31. The maximum absolute atomic E-state index is 13.2. The van der Waals surface area contributed by atoms with E-state index in [4.69, 9.17) is 16.3 Å².